The fraction of sp³-hybridized carbons (Fsp3) is 0.476. The van der Waals surface area contributed by atoms with Crippen LogP contribution in [0.25, 0.3) is 5.00 Å². The molecule has 7 rings (SSSR count). The molecule has 2 atom stereocenters. The summed E-state index contributed by atoms with van der Waals surface area (Å²) in [6.45, 7) is 12.1. The molecule has 3 N–H and O–H groups in total. The summed E-state index contributed by atoms with van der Waals surface area (Å²) >= 11 is 7.95. The second kappa shape index (κ2) is 18.1. The smallest absolute Gasteiger partial charge is 0.249 e. The highest BCUT2D eigenvalue weighted by atomic mass is 35.5. The number of halogens is 1. The Kier molecular flexibility index (Phi) is 12.8. The van der Waals surface area contributed by atoms with Gasteiger partial charge in [0.2, 0.25) is 17.7 Å². The Balaban J connectivity index is 0.796. The molecule has 2 saturated heterocycles. The molecule has 296 valence electrons. The van der Waals surface area contributed by atoms with Crippen LogP contribution in [0.5, 0.6) is 0 Å². The van der Waals surface area contributed by atoms with Crippen LogP contribution in [0, 0.1) is 20.8 Å². The first-order valence-electron chi connectivity index (χ1n) is 20.0. The second-order valence-corrected chi connectivity index (χ2v) is 16.7. The molecule has 5 heterocycles. The van der Waals surface area contributed by atoms with Crippen molar-refractivity contribution in [1.29, 1.82) is 0 Å². The fourth-order valence-corrected chi connectivity index (χ4v) is 9.15. The number of aromatic nitrogens is 3. The number of carbonyl (C=O) groups excluding carboxylic acids is 3. The van der Waals surface area contributed by atoms with Gasteiger partial charge in [-0.05, 0) is 88.5 Å². The van der Waals surface area contributed by atoms with Crippen molar-refractivity contribution in [3.63, 3.8) is 0 Å². The number of piperidine rings is 1. The molecule has 56 heavy (non-hydrogen) atoms. The van der Waals surface area contributed by atoms with E-state index in [1.165, 1.54) is 41.8 Å². The van der Waals surface area contributed by atoms with Crippen LogP contribution in [0.15, 0.2) is 53.5 Å². The highest BCUT2D eigenvalue weighted by Crippen LogP contribution is 2.39. The van der Waals surface area contributed by atoms with E-state index < -0.39 is 6.04 Å². The van der Waals surface area contributed by atoms with Crippen LogP contribution >= 0.6 is 22.9 Å². The van der Waals surface area contributed by atoms with Gasteiger partial charge in [-0.1, -0.05) is 49.4 Å². The molecule has 2 fully saturated rings. The Labute approximate surface area is 338 Å². The van der Waals surface area contributed by atoms with Crippen LogP contribution in [0.2, 0.25) is 5.02 Å². The van der Waals surface area contributed by atoms with Gasteiger partial charge < -0.3 is 15.5 Å². The zero-order chi connectivity index (χ0) is 39.2. The maximum absolute atomic E-state index is 13.3. The van der Waals surface area contributed by atoms with Crippen molar-refractivity contribution >= 4 is 57.7 Å². The standard InChI is InChI=1S/C42H52ClN9O3S/c1-27-28(2)56-42-38(27)39(30-10-12-31(43)13-11-30)46-35(40-49-48-29(3)52(40)42)26-37(54)44-20-8-6-4-5-7-9-21-50-22-24-51(25-23-50)33-16-14-32(15-17-33)45-34-18-19-36(53)47-41(34)55/h10-17,34-35,45H,4-9,18-26H2,1-3H3,(H,44,54)(H,47,53,55)/t34?,35-/m0/s1. The first-order valence-corrected chi connectivity index (χ1v) is 21.1. The lowest BCUT2D eigenvalue weighted by atomic mass is 9.99. The minimum atomic E-state index is -0.466. The van der Waals surface area contributed by atoms with Crippen molar-refractivity contribution in [3.05, 3.63) is 86.8 Å². The van der Waals surface area contributed by atoms with Gasteiger partial charge in [0.25, 0.3) is 0 Å². The van der Waals surface area contributed by atoms with Gasteiger partial charge in [-0.25, -0.2) is 0 Å². The SMILES string of the molecule is Cc1sc2c(c1C)C(c1ccc(Cl)cc1)=N[C@@H](CC(=O)NCCCCCCCCN1CCN(c3ccc(NC4CCC(=O)NC4=O)cc3)CC1)c1nnc(C)n1-2. The lowest BCUT2D eigenvalue weighted by Crippen LogP contribution is -2.47. The predicted molar refractivity (Wildman–Crippen MR) is 223 cm³/mol. The first-order chi connectivity index (χ1) is 27.1. The van der Waals surface area contributed by atoms with Gasteiger partial charge >= 0.3 is 0 Å². The highest BCUT2D eigenvalue weighted by molar-refractivity contribution is 7.15. The number of imide groups is 1. The van der Waals surface area contributed by atoms with Gasteiger partial charge in [0, 0.05) is 71.5 Å². The van der Waals surface area contributed by atoms with Crippen molar-refractivity contribution in [2.24, 2.45) is 4.99 Å². The molecule has 0 saturated carbocycles. The van der Waals surface area contributed by atoms with Crippen molar-refractivity contribution in [2.45, 2.75) is 90.6 Å². The van der Waals surface area contributed by atoms with Gasteiger partial charge in [0.05, 0.1) is 12.1 Å². The number of hydrogen-bond donors (Lipinski definition) is 3. The summed E-state index contributed by atoms with van der Waals surface area (Å²) in [4.78, 5) is 48.2. The average molecular weight is 798 g/mol. The van der Waals surface area contributed by atoms with E-state index >= 15 is 0 Å². The highest BCUT2D eigenvalue weighted by Gasteiger charge is 2.32. The maximum Gasteiger partial charge on any atom is 0.249 e. The maximum atomic E-state index is 13.3. The van der Waals surface area contributed by atoms with Crippen LogP contribution in [-0.2, 0) is 14.4 Å². The molecule has 2 aromatic heterocycles. The summed E-state index contributed by atoms with van der Waals surface area (Å²) in [6, 6.07) is 15.1. The number of thiophene rings is 1. The van der Waals surface area contributed by atoms with E-state index in [2.05, 4.69) is 66.5 Å². The van der Waals surface area contributed by atoms with Crippen molar-refractivity contribution < 1.29 is 14.4 Å². The first kappa shape index (κ1) is 39.6. The van der Waals surface area contributed by atoms with Gasteiger partial charge in [-0.2, -0.15) is 0 Å². The Morgan fingerprint density at radius 2 is 1.62 bits per heavy atom. The normalized spacial score (nSPS) is 18.5. The number of unbranched alkanes of at least 4 members (excludes halogenated alkanes) is 5. The number of hydrogen-bond acceptors (Lipinski definition) is 10. The van der Waals surface area contributed by atoms with Crippen molar-refractivity contribution in [2.75, 3.05) is 49.5 Å². The molecule has 3 aliphatic heterocycles. The molecule has 2 aromatic carbocycles. The Morgan fingerprint density at radius 3 is 2.36 bits per heavy atom. The van der Waals surface area contributed by atoms with Gasteiger partial charge in [0.1, 0.15) is 22.9 Å². The topological polar surface area (TPSA) is 137 Å². The largest absolute Gasteiger partial charge is 0.374 e. The number of anilines is 2. The number of aliphatic imine (C=N–C) groups is 1. The van der Waals surface area contributed by atoms with E-state index in [-0.39, 0.29) is 30.2 Å². The zero-order valence-electron chi connectivity index (χ0n) is 32.6. The molecular formula is C42H52ClN9O3S. The predicted octanol–water partition coefficient (Wildman–Crippen LogP) is 6.69. The number of benzene rings is 2. The summed E-state index contributed by atoms with van der Waals surface area (Å²) in [6.07, 6.45) is 7.92. The third-order valence-corrected chi connectivity index (χ3v) is 12.6. The number of amides is 3. The Morgan fingerprint density at radius 1 is 0.911 bits per heavy atom. The van der Waals surface area contributed by atoms with Crippen molar-refractivity contribution in [1.82, 2.24) is 30.3 Å². The number of rotatable bonds is 15. The summed E-state index contributed by atoms with van der Waals surface area (Å²) in [5.41, 5.74) is 6.13. The molecule has 4 aromatic rings. The molecule has 14 heteroatoms. The summed E-state index contributed by atoms with van der Waals surface area (Å²) in [5, 5.41) is 19.4. The summed E-state index contributed by atoms with van der Waals surface area (Å²) < 4.78 is 2.08. The molecule has 0 spiro atoms. The molecule has 0 aliphatic carbocycles. The third-order valence-electron chi connectivity index (χ3n) is 11.1. The molecular weight excluding hydrogens is 746 g/mol. The molecule has 3 aliphatic rings. The Bertz CT molecular complexity index is 2050. The molecule has 3 amide bonds. The monoisotopic (exact) mass is 797 g/mol. The molecule has 0 radical (unpaired) electrons. The lowest BCUT2D eigenvalue weighted by Gasteiger charge is -2.36. The van der Waals surface area contributed by atoms with Crippen LogP contribution in [-0.4, -0.2) is 88.4 Å². The minimum absolute atomic E-state index is 0.0292. The van der Waals surface area contributed by atoms with Gasteiger partial charge in [-0.15, -0.1) is 21.5 Å². The van der Waals surface area contributed by atoms with E-state index in [4.69, 9.17) is 16.6 Å². The van der Waals surface area contributed by atoms with Gasteiger partial charge in [0.15, 0.2) is 5.82 Å². The number of fused-ring (bicyclic) bond motifs is 3. The van der Waals surface area contributed by atoms with Crippen LogP contribution < -0.4 is 20.9 Å². The third kappa shape index (κ3) is 9.33. The number of aryl methyl sites for hydroxylation is 2. The van der Waals surface area contributed by atoms with Crippen molar-refractivity contribution in [3.8, 4) is 5.00 Å². The van der Waals surface area contributed by atoms with E-state index in [9.17, 15) is 14.4 Å². The lowest BCUT2D eigenvalue weighted by molar-refractivity contribution is -0.133. The Hall–Kier alpha value is -4.59. The summed E-state index contributed by atoms with van der Waals surface area (Å²) in [5.74, 6) is 0.992. The average Bonchev–Trinajstić information content (AvgIpc) is 3.67. The van der Waals surface area contributed by atoms with E-state index in [1.807, 2.05) is 43.3 Å². The van der Waals surface area contributed by atoms with Crippen LogP contribution in [0.3, 0.4) is 0 Å². The van der Waals surface area contributed by atoms with E-state index in [0.717, 1.165) is 78.9 Å². The van der Waals surface area contributed by atoms with E-state index in [0.29, 0.717) is 30.2 Å². The fourth-order valence-electron chi connectivity index (χ4n) is 7.81. The number of nitrogens with one attached hydrogen (secondary N) is 3. The molecule has 12 nitrogen and oxygen atoms in total. The number of carbonyl (C=O) groups is 3. The zero-order valence-corrected chi connectivity index (χ0v) is 34.1. The van der Waals surface area contributed by atoms with Crippen LogP contribution in [0.1, 0.15) is 97.0 Å². The quantitative estimate of drug-likeness (QED) is 0.0895. The molecule has 0 bridgehead atoms. The van der Waals surface area contributed by atoms with Gasteiger partial charge in [-0.3, -0.25) is 34.2 Å². The second-order valence-electron chi connectivity index (χ2n) is 15.1. The molecule has 1 unspecified atom stereocenters. The number of piperazine rings is 1. The minimum Gasteiger partial charge on any atom is -0.374 e. The number of nitrogens with zero attached hydrogens (tertiary/aromatic N) is 6. The van der Waals surface area contributed by atoms with E-state index in [1.54, 1.807) is 11.3 Å². The van der Waals surface area contributed by atoms with Crippen LogP contribution in [0.4, 0.5) is 11.4 Å². The summed E-state index contributed by atoms with van der Waals surface area (Å²) in [7, 11) is 0.